The maximum atomic E-state index is 12.3. The second-order valence-electron chi connectivity index (χ2n) is 4.72. The van der Waals surface area contributed by atoms with Crippen molar-refractivity contribution >= 4 is 11.8 Å². The van der Waals surface area contributed by atoms with E-state index in [1.165, 1.54) is 0 Å². The molecule has 0 unspecified atom stereocenters. The van der Waals surface area contributed by atoms with Gasteiger partial charge in [-0.2, -0.15) is 0 Å². The number of imide groups is 1. The van der Waals surface area contributed by atoms with Gasteiger partial charge in [0, 0.05) is 5.56 Å². The zero-order valence-corrected chi connectivity index (χ0v) is 11.2. The number of benzene rings is 2. The van der Waals surface area contributed by atoms with Crippen LogP contribution in [0, 0.1) is 0 Å². The lowest BCUT2D eigenvalue weighted by Gasteiger charge is -2.09. The lowest BCUT2D eigenvalue weighted by molar-refractivity contribution is 0.0869. The van der Waals surface area contributed by atoms with Crippen LogP contribution < -0.4 is 5.01 Å². The minimum absolute atomic E-state index is 0.339. The highest BCUT2D eigenvalue weighted by atomic mass is 16.2. The number of carbonyl (C=O) groups excluding carboxylic acids is 2. The van der Waals surface area contributed by atoms with Gasteiger partial charge in [0.05, 0.1) is 11.1 Å². The first-order chi connectivity index (χ1) is 10.8. The van der Waals surface area contributed by atoms with Crippen molar-refractivity contribution in [1.29, 1.82) is 0 Å². The second-order valence-corrected chi connectivity index (χ2v) is 4.72. The van der Waals surface area contributed by atoms with Gasteiger partial charge >= 0.3 is 0 Å². The summed E-state index contributed by atoms with van der Waals surface area (Å²) < 4.78 is 0. The molecule has 1 aromatic heterocycles. The molecule has 2 aromatic carbocycles. The largest absolute Gasteiger partial charge is 0.283 e. The van der Waals surface area contributed by atoms with Gasteiger partial charge in [-0.25, -0.2) is 0 Å². The highest BCUT2D eigenvalue weighted by Gasteiger charge is 2.38. The van der Waals surface area contributed by atoms with Crippen molar-refractivity contribution in [2.75, 3.05) is 5.01 Å². The highest BCUT2D eigenvalue weighted by molar-refractivity contribution is 6.30. The fraction of sp³-hybridized carbons (Fsp3) is 0. The van der Waals surface area contributed by atoms with Crippen LogP contribution >= 0.6 is 0 Å². The molecule has 0 spiro atoms. The molecular weight excluding hydrogens is 282 g/mol. The monoisotopic (exact) mass is 291 g/mol. The Morgan fingerprint density at radius 2 is 1.36 bits per heavy atom. The van der Waals surface area contributed by atoms with Gasteiger partial charge in [-0.15, -0.1) is 15.2 Å². The van der Waals surface area contributed by atoms with Crippen LogP contribution in [-0.2, 0) is 0 Å². The van der Waals surface area contributed by atoms with E-state index in [9.17, 15) is 9.59 Å². The number of aromatic nitrogens is 4. The summed E-state index contributed by atoms with van der Waals surface area (Å²) in [4.78, 5) is 25.6. The molecule has 22 heavy (non-hydrogen) atoms. The minimum atomic E-state index is -0.461. The molecule has 0 fully saturated rings. The van der Waals surface area contributed by atoms with Gasteiger partial charge in [0.25, 0.3) is 11.8 Å². The Bertz CT molecular complexity index is 853. The molecule has 3 aromatic rings. The van der Waals surface area contributed by atoms with E-state index in [-0.39, 0.29) is 0 Å². The van der Waals surface area contributed by atoms with Crippen LogP contribution in [0.15, 0.2) is 54.6 Å². The topological polar surface area (TPSA) is 81.0 Å². The Labute approximate surface area is 124 Å². The van der Waals surface area contributed by atoms with Crippen LogP contribution in [0.5, 0.6) is 0 Å². The third kappa shape index (κ3) is 1.72. The molecule has 2 heterocycles. The average Bonchev–Trinajstić information content (AvgIpc) is 3.13. The number of tetrazole rings is 1. The van der Waals surface area contributed by atoms with Gasteiger partial charge in [-0.3, -0.25) is 9.59 Å². The summed E-state index contributed by atoms with van der Waals surface area (Å²) in [6, 6.07) is 15.8. The van der Waals surface area contributed by atoms with Crippen molar-refractivity contribution in [2.24, 2.45) is 0 Å². The predicted molar refractivity (Wildman–Crippen MR) is 76.6 cm³/mol. The summed E-state index contributed by atoms with van der Waals surface area (Å²) >= 11 is 0. The van der Waals surface area contributed by atoms with Crippen LogP contribution in [0.25, 0.3) is 11.4 Å². The van der Waals surface area contributed by atoms with Crippen LogP contribution in [-0.4, -0.2) is 32.1 Å². The zero-order chi connectivity index (χ0) is 15.1. The number of amides is 2. The number of hydrogen-bond donors (Lipinski definition) is 0. The van der Waals surface area contributed by atoms with Crippen molar-refractivity contribution in [3.05, 3.63) is 65.7 Å². The highest BCUT2D eigenvalue weighted by Crippen LogP contribution is 2.21. The molecular formula is C15H9N5O2. The smallest absolute Gasteiger partial charge is 0.267 e. The quantitative estimate of drug-likeness (QED) is 0.664. The predicted octanol–water partition coefficient (Wildman–Crippen LogP) is 1.27. The summed E-state index contributed by atoms with van der Waals surface area (Å²) in [5.74, 6) is -0.577. The summed E-state index contributed by atoms with van der Waals surface area (Å²) in [7, 11) is 0. The van der Waals surface area contributed by atoms with Crippen molar-refractivity contribution in [3.63, 3.8) is 0 Å². The molecule has 1 aliphatic heterocycles. The maximum Gasteiger partial charge on any atom is 0.283 e. The third-order valence-electron chi connectivity index (χ3n) is 3.39. The maximum absolute atomic E-state index is 12.3. The molecule has 7 heteroatoms. The van der Waals surface area contributed by atoms with Crippen LogP contribution in [0.2, 0.25) is 0 Å². The molecule has 0 aliphatic carbocycles. The van der Waals surface area contributed by atoms with E-state index in [0.717, 1.165) is 15.5 Å². The van der Waals surface area contributed by atoms with Gasteiger partial charge in [-0.1, -0.05) is 47.4 Å². The standard InChI is InChI=1S/C15H9N5O2/c21-14-11-8-4-5-9-12(11)15(22)19(14)20-17-13(16-18-20)10-6-2-1-3-7-10/h1-9H. The van der Waals surface area contributed by atoms with Crippen molar-refractivity contribution in [1.82, 2.24) is 20.3 Å². The Morgan fingerprint density at radius 1 is 0.773 bits per heavy atom. The Kier molecular flexibility index (Phi) is 2.59. The molecule has 0 saturated heterocycles. The molecule has 7 nitrogen and oxygen atoms in total. The van der Waals surface area contributed by atoms with Gasteiger partial charge in [-0.05, 0) is 17.3 Å². The lowest BCUT2D eigenvalue weighted by atomic mass is 10.1. The van der Waals surface area contributed by atoms with E-state index >= 15 is 0 Å². The summed E-state index contributed by atoms with van der Waals surface area (Å²) in [6.45, 7) is 0. The van der Waals surface area contributed by atoms with Gasteiger partial charge < -0.3 is 0 Å². The number of carbonyl (C=O) groups is 2. The van der Waals surface area contributed by atoms with E-state index in [1.54, 1.807) is 24.3 Å². The van der Waals surface area contributed by atoms with Crippen molar-refractivity contribution < 1.29 is 9.59 Å². The lowest BCUT2D eigenvalue weighted by Crippen LogP contribution is -2.41. The molecule has 0 atom stereocenters. The first-order valence-corrected chi connectivity index (χ1v) is 6.59. The van der Waals surface area contributed by atoms with Crippen molar-refractivity contribution in [3.8, 4) is 11.4 Å². The molecule has 1 aliphatic rings. The van der Waals surface area contributed by atoms with Gasteiger partial charge in [0.15, 0.2) is 0 Å². The zero-order valence-electron chi connectivity index (χ0n) is 11.2. The number of hydrogen-bond acceptors (Lipinski definition) is 5. The first kappa shape index (κ1) is 12.4. The molecule has 0 saturated carbocycles. The summed E-state index contributed by atoms with van der Waals surface area (Å²) in [5.41, 5.74) is 1.43. The average molecular weight is 291 g/mol. The summed E-state index contributed by atoms with van der Waals surface area (Å²) in [5, 5.41) is 12.7. The molecule has 106 valence electrons. The van der Waals surface area contributed by atoms with E-state index in [0.29, 0.717) is 17.0 Å². The van der Waals surface area contributed by atoms with E-state index < -0.39 is 11.8 Å². The Morgan fingerprint density at radius 3 is 2.00 bits per heavy atom. The Balaban J connectivity index is 1.74. The molecule has 4 rings (SSSR count). The van der Waals surface area contributed by atoms with E-state index in [4.69, 9.17) is 0 Å². The van der Waals surface area contributed by atoms with Crippen LogP contribution in [0.3, 0.4) is 0 Å². The van der Waals surface area contributed by atoms with Gasteiger partial charge in [0.1, 0.15) is 0 Å². The fourth-order valence-corrected chi connectivity index (χ4v) is 2.33. The normalized spacial score (nSPS) is 13.5. The van der Waals surface area contributed by atoms with Crippen LogP contribution in [0.1, 0.15) is 20.7 Å². The van der Waals surface area contributed by atoms with E-state index in [1.807, 2.05) is 30.3 Å². The Hall–Kier alpha value is -3.35. The van der Waals surface area contributed by atoms with Crippen LogP contribution in [0.4, 0.5) is 0 Å². The SMILES string of the molecule is O=C1c2ccccc2C(=O)N1n1nnc(-c2ccccc2)n1. The van der Waals surface area contributed by atoms with Crippen molar-refractivity contribution in [2.45, 2.75) is 0 Å². The third-order valence-corrected chi connectivity index (χ3v) is 3.39. The number of fused-ring (bicyclic) bond motifs is 1. The number of nitrogens with zero attached hydrogens (tertiary/aromatic N) is 5. The molecule has 0 N–H and O–H groups in total. The molecule has 0 bridgehead atoms. The number of rotatable bonds is 2. The van der Waals surface area contributed by atoms with E-state index in [2.05, 4.69) is 15.4 Å². The molecule has 2 amide bonds. The summed E-state index contributed by atoms with van der Waals surface area (Å²) in [6.07, 6.45) is 0. The van der Waals surface area contributed by atoms with Gasteiger partial charge in [0.2, 0.25) is 5.82 Å². The minimum Gasteiger partial charge on any atom is -0.267 e. The fourth-order valence-electron chi connectivity index (χ4n) is 2.33. The molecule has 0 radical (unpaired) electrons. The second kappa shape index (κ2) is 4.59. The first-order valence-electron chi connectivity index (χ1n) is 6.59.